The quantitative estimate of drug-likeness (QED) is 0.830. The van der Waals surface area contributed by atoms with E-state index in [2.05, 4.69) is 4.98 Å². The Morgan fingerprint density at radius 2 is 2.00 bits per heavy atom. The summed E-state index contributed by atoms with van der Waals surface area (Å²) in [5, 5.41) is 0. The molecule has 2 amide bonds. The third-order valence-electron chi connectivity index (χ3n) is 4.07. The molecular formula is C18H27N3O3. The van der Waals surface area contributed by atoms with Crippen LogP contribution in [0.2, 0.25) is 0 Å². The first kappa shape index (κ1) is 18.2. The molecule has 1 atom stereocenters. The van der Waals surface area contributed by atoms with Crippen LogP contribution in [0.5, 0.6) is 0 Å². The fourth-order valence-corrected chi connectivity index (χ4v) is 2.87. The summed E-state index contributed by atoms with van der Waals surface area (Å²) in [5.74, 6) is 0.618. The number of hydrogen-bond acceptors (Lipinski definition) is 4. The number of carbonyl (C=O) groups is 2. The number of nitrogens with zero attached hydrogens (tertiary/aromatic N) is 3. The largest absolute Gasteiger partial charge is 0.443 e. The highest BCUT2D eigenvalue weighted by atomic mass is 16.6. The standard InChI is InChI=1S/C18H27N3O3/c1-13(22)21-11-7-6-8-15(21)14-9-10-16(19-12-14)20(5)17(23)24-18(2,3)4/h9-10,12,15H,6-8,11H2,1-5H3/t15-/m1/s1. The summed E-state index contributed by atoms with van der Waals surface area (Å²) in [6.45, 7) is 7.88. The van der Waals surface area contributed by atoms with Gasteiger partial charge in [-0.05, 0) is 51.7 Å². The number of amides is 2. The molecule has 0 aliphatic carbocycles. The van der Waals surface area contributed by atoms with Crippen LogP contribution in [0, 0.1) is 0 Å². The second-order valence-electron chi connectivity index (χ2n) is 7.21. The van der Waals surface area contributed by atoms with Crippen LogP contribution in [0.3, 0.4) is 0 Å². The number of piperidine rings is 1. The van der Waals surface area contributed by atoms with Gasteiger partial charge in [-0.3, -0.25) is 9.69 Å². The van der Waals surface area contributed by atoms with Crippen LogP contribution >= 0.6 is 0 Å². The third-order valence-corrected chi connectivity index (χ3v) is 4.07. The molecule has 1 fully saturated rings. The Morgan fingerprint density at radius 1 is 1.29 bits per heavy atom. The van der Waals surface area contributed by atoms with E-state index in [0.29, 0.717) is 5.82 Å². The van der Waals surface area contributed by atoms with Crippen LogP contribution in [0.4, 0.5) is 10.6 Å². The molecular weight excluding hydrogens is 306 g/mol. The lowest BCUT2D eigenvalue weighted by Crippen LogP contribution is -2.37. The van der Waals surface area contributed by atoms with Crippen LogP contribution in [0.15, 0.2) is 18.3 Å². The minimum atomic E-state index is -0.546. The van der Waals surface area contributed by atoms with Crippen molar-refractivity contribution in [2.45, 2.75) is 58.6 Å². The zero-order valence-electron chi connectivity index (χ0n) is 15.2. The Hall–Kier alpha value is -2.11. The molecule has 0 bridgehead atoms. The lowest BCUT2D eigenvalue weighted by molar-refractivity contribution is -0.132. The Labute approximate surface area is 143 Å². The zero-order valence-corrected chi connectivity index (χ0v) is 15.2. The van der Waals surface area contributed by atoms with Crippen molar-refractivity contribution in [3.05, 3.63) is 23.9 Å². The first-order valence-electron chi connectivity index (χ1n) is 8.39. The van der Waals surface area contributed by atoms with Crippen molar-refractivity contribution in [2.24, 2.45) is 0 Å². The highest BCUT2D eigenvalue weighted by molar-refractivity contribution is 5.85. The van der Waals surface area contributed by atoms with Gasteiger partial charge < -0.3 is 9.64 Å². The van der Waals surface area contributed by atoms with Gasteiger partial charge in [0.2, 0.25) is 5.91 Å². The summed E-state index contributed by atoms with van der Waals surface area (Å²) in [6, 6.07) is 3.81. The Balaban J connectivity index is 2.12. The van der Waals surface area contributed by atoms with Crippen molar-refractivity contribution in [3.8, 4) is 0 Å². The number of carbonyl (C=O) groups excluding carboxylic acids is 2. The van der Waals surface area contributed by atoms with Crippen molar-refractivity contribution in [3.63, 3.8) is 0 Å². The third kappa shape index (κ3) is 4.46. The number of pyridine rings is 1. The first-order valence-corrected chi connectivity index (χ1v) is 8.39. The Morgan fingerprint density at radius 3 is 2.54 bits per heavy atom. The van der Waals surface area contributed by atoms with E-state index >= 15 is 0 Å². The first-order chi connectivity index (χ1) is 11.2. The molecule has 6 heteroatoms. The summed E-state index contributed by atoms with van der Waals surface area (Å²) < 4.78 is 5.34. The number of anilines is 1. The molecule has 0 saturated carbocycles. The molecule has 1 saturated heterocycles. The van der Waals surface area contributed by atoms with Gasteiger partial charge in [-0.2, -0.15) is 0 Å². The van der Waals surface area contributed by atoms with Gasteiger partial charge >= 0.3 is 6.09 Å². The fraction of sp³-hybridized carbons (Fsp3) is 0.611. The van der Waals surface area contributed by atoms with Crippen molar-refractivity contribution in [2.75, 3.05) is 18.5 Å². The predicted molar refractivity (Wildman–Crippen MR) is 92.9 cm³/mol. The van der Waals surface area contributed by atoms with Crippen LogP contribution in [-0.4, -0.2) is 41.1 Å². The van der Waals surface area contributed by atoms with Gasteiger partial charge in [0.05, 0.1) is 6.04 Å². The molecule has 1 aliphatic heterocycles. The monoisotopic (exact) mass is 333 g/mol. The molecule has 1 aromatic rings. The minimum Gasteiger partial charge on any atom is -0.443 e. The number of likely N-dealkylation sites (tertiary alicyclic amines) is 1. The van der Waals surface area contributed by atoms with E-state index in [1.165, 1.54) is 4.90 Å². The average Bonchev–Trinajstić information content (AvgIpc) is 2.52. The lowest BCUT2D eigenvalue weighted by atomic mass is 9.96. The van der Waals surface area contributed by atoms with Crippen LogP contribution in [-0.2, 0) is 9.53 Å². The number of ether oxygens (including phenoxy) is 1. The molecule has 0 radical (unpaired) electrons. The molecule has 0 aromatic carbocycles. The maximum absolute atomic E-state index is 12.1. The van der Waals surface area contributed by atoms with E-state index < -0.39 is 11.7 Å². The van der Waals surface area contributed by atoms with Crippen molar-refractivity contribution in [1.82, 2.24) is 9.88 Å². The second kappa shape index (κ2) is 7.20. The SMILES string of the molecule is CC(=O)N1CCCC[C@@H]1c1ccc(N(C)C(=O)OC(C)(C)C)nc1. The number of hydrogen-bond donors (Lipinski definition) is 0. The summed E-state index contributed by atoms with van der Waals surface area (Å²) >= 11 is 0. The normalized spacial score (nSPS) is 18.2. The molecule has 132 valence electrons. The van der Waals surface area contributed by atoms with Gasteiger partial charge in [0.25, 0.3) is 0 Å². The Kier molecular flexibility index (Phi) is 5.47. The molecule has 1 aromatic heterocycles. The lowest BCUT2D eigenvalue weighted by Gasteiger charge is -2.35. The smallest absolute Gasteiger partial charge is 0.415 e. The topological polar surface area (TPSA) is 62.7 Å². The molecule has 2 rings (SSSR count). The maximum atomic E-state index is 12.1. The summed E-state index contributed by atoms with van der Waals surface area (Å²) in [7, 11) is 1.64. The van der Waals surface area contributed by atoms with Crippen LogP contribution in [0.1, 0.15) is 58.6 Å². The molecule has 0 unspecified atom stereocenters. The van der Waals surface area contributed by atoms with Crippen molar-refractivity contribution in [1.29, 1.82) is 0 Å². The van der Waals surface area contributed by atoms with E-state index in [4.69, 9.17) is 4.74 Å². The predicted octanol–water partition coefficient (Wildman–Crippen LogP) is 3.53. The van der Waals surface area contributed by atoms with Gasteiger partial charge in [-0.15, -0.1) is 0 Å². The Bertz CT molecular complexity index is 593. The van der Waals surface area contributed by atoms with Crippen molar-refractivity contribution >= 4 is 17.8 Å². The molecule has 6 nitrogen and oxygen atoms in total. The van der Waals surface area contributed by atoms with Crippen LogP contribution < -0.4 is 4.90 Å². The molecule has 2 heterocycles. The van der Waals surface area contributed by atoms with Crippen molar-refractivity contribution < 1.29 is 14.3 Å². The highest BCUT2D eigenvalue weighted by Crippen LogP contribution is 2.31. The van der Waals surface area contributed by atoms with E-state index in [0.717, 1.165) is 31.4 Å². The molecule has 1 aliphatic rings. The number of aromatic nitrogens is 1. The van der Waals surface area contributed by atoms with E-state index in [9.17, 15) is 9.59 Å². The highest BCUT2D eigenvalue weighted by Gasteiger charge is 2.26. The van der Waals surface area contributed by atoms with E-state index in [1.54, 1.807) is 26.2 Å². The maximum Gasteiger partial charge on any atom is 0.415 e. The van der Waals surface area contributed by atoms with E-state index in [1.807, 2.05) is 31.7 Å². The van der Waals surface area contributed by atoms with Gasteiger partial charge in [0, 0.05) is 26.7 Å². The van der Waals surface area contributed by atoms with Gasteiger partial charge in [0.15, 0.2) is 0 Å². The fourth-order valence-electron chi connectivity index (χ4n) is 2.87. The minimum absolute atomic E-state index is 0.0737. The van der Waals surface area contributed by atoms with Gasteiger partial charge in [-0.1, -0.05) is 6.07 Å². The second-order valence-corrected chi connectivity index (χ2v) is 7.21. The van der Waals surface area contributed by atoms with Crippen LogP contribution in [0.25, 0.3) is 0 Å². The molecule has 0 N–H and O–H groups in total. The molecule has 0 spiro atoms. The molecule has 24 heavy (non-hydrogen) atoms. The zero-order chi connectivity index (χ0) is 17.9. The summed E-state index contributed by atoms with van der Waals surface area (Å²) in [5.41, 5.74) is 0.460. The summed E-state index contributed by atoms with van der Waals surface area (Å²) in [4.78, 5) is 31.6. The number of rotatable bonds is 2. The van der Waals surface area contributed by atoms with Gasteiger partial charge in [0.1, 0.15) is 11.4 Å². The average molecular weight is 333 g/mol. The summed E-state index contributed by atoms with van der Waals surface area (Å²) in [6.07, 6.45) is 4.41. The van der Waals surface area contributed by atoms with E-state index in [-0.39, 0.29) is 11.9 Å². The van der Waals surface area contributed by atoms with Gasteiger partial charge in [-0.25, -0.2) is 9.78 Å².